The molecule has 19 heavy (non-hydrogen) atoms. The number of rotatable bonds is 2. The van der Waals surface area contributed by atoms with Gasteiger partial charge in [0, 0.05) is 20.8 Å². The Morgan fingerprint density at radius 3 is 2.11 bits per heavy atom. The predicted molar refractivity (Wildman–Crippen MR) is 80.9 cm³/mol. The lowest BCUT2D eigenvalue weighted by Crippen LogP contribution is -2.12. The monoisotopic (exact) mass is 333 g/mol. The van der Waals surface area contributed by atoms with Crippen molar-refractivity contribution in [1.29, 1.82) is 0 Å². The number of hydrogen-bond acceptors (Lipinski definition) is 1. The van der Waals surface area contributed by atoms with Crippen molar-refractivity contribution in [3.05, 3.63) is 62.1 Å². The van der Waals surface area contributed by atoms with Crippen molar-refractivity contribution in [3.8, 4) is 0 Å². The number of hydrogen-bond donors (Lipinski definition) is 1. The highest BCUT2D eigenvalue weighted by molar-refractivity contribution is 6.37. The van der Waals surface area contributed by atoms with E-state index in [9.17, 15) is 4.79 Å². The van der Waals surface area contributed by atoms with Crippen LogP contribution in [0.15, 0.2) is 36.4 Å². The van der Waals surface area contributed by atoms with Gasteiger partial charge >= 0.3 is 0 Å². The SMILES string of the molecule is O=C(Nc1cc(Cl)cc(Cl)c1)c1cc(Cl)ccc1Cl. The summed E-state index contributed by atoms with van der Waals surface area (Å²) >= 11 is 23.5. The number of amides is 1. The average molecular weight is 335 g/mol. The first-order chi connectivity index (χ1) is 8.95. The third kappa shape index (κ3) is 3.77. The molecule has 0 saturated heterocycles. The van der Waals surface area contributed by atoms with Crippen LogP contribution in [0.1, 0.15) is 10.4 Å². The summed E-state index contributed by atoms with van der Waals surface area (Å²) < 4.78 is 0. The Bertz CT molecular complexity index is 622. The quantitative estimate of drug-likeness (QED) is 0.766. The molecule has 0 aliphatic heterocycles. The fourth-order valence-corrected chi connectivity index (χ4v) is 2.40. The molecule has 0 saturated carbocycles. The molecule has 0 atom stereocenters. The maximum absolute atomic E-state index is 12.1. The first kappa shape index (κ1) is 14.5. The first-order valence-electron chi connectivity index (χ1n) is 5.18. The summed E-state index contributed by atoms with van der Waals surface area (Å²) in [5.41, 5.74) is 0.767. The second-order valence-electron chi connectivity index (χ2n) is 3.74. The minimum Gasteiger partial charge on any atom is -0.322 e. The zero-order valence-electron chi connectivity index (χ0n) is 9.38. The smallest absolute Gasteiger partial charge is 0.257 e. The van der Waals surface area contributed by atoms with Crippen molar-refractivity contribution < 1.29 is 4.79 Å². The zero-order chi connectivity index (χ0) is 14.0. The fraction of sp³-hybridized carbons (Fsp3) is 0. The highest BCUT2D eigenvalue weighted by Gasteiger charge is 2.11. The minimum absolute atomic E-state index is 0.283. The average Bonchev–Trinajstić information content (AvgIpc) is 2.30. The van der Waals surface area contributed by atoms with E-state index in [0.717, 1.165) is 0 Å². The summed E-state index contributed by atoms with van der Waals surface area (Å²) in [5.74, 6) is -0.383. The molecule has 2 nitrogen and oxygen atoms in total. The van der Waals surface area contributed by atoms with E-state index in [0.29, 0.717) is 25.8 Å². The minimum atomic E-state index is -0.383. The number of benzene rings is 2. The number of nitrogens with one attached hydrogen (secondary N) is 1. The first-order valence-corrected chi connectivity index (χ1v) is 6.69. The van der Waals surface area contributed by atoms with Crippen LogP contribution in [0.2, 0.25) is 20.1 Å². The number of anilines is 1. The molecule has 0 unspecified atom stereocenters. The molecular weight excluding hydrogens is 328 g/mol. The van der Waals surface area contributed by atoms with Crippen molar-refractivity contribution in [1.82, 2.24) is 0 Å². The zero-order valence-corrected chi connectivity index (χ0v) is 12.4. The van der Waals surface area contributed by atoms with Gasteiger partial charge in [-0.3, -0.25) is 4.79 Å². The van der Waals surface area contributed by atoms with Crippen LogP contribution < -0.4 is 5.32 Å². The second-order valence-corrected chi connectivity index (χ2v) is 5.45. The number of carbonyl (C=O) groups excluding carboxylic acids is 1. The van der Waals surface area contributed by atoms with Gasteiger partial charge in [0.15, 0.2) is 0 Å². The number of halogens is 4. The Kier molecular flexibility index (Phi) is 4.58. The summed E-state index contributed by atoms with van der Waals surface area (Å²) in [6.45, 7) is 0. The molecule has 0 bridgehead atoms. The van der Waals surface area contributed by atoms with Gasteiger partial charge in [0.2, 0.25) is 0 Å². The summed E-state index contributed by atoms with van der Waals surface area (Å²) in [4.78, 5) is 12.1. The van der Waals surface area contributed by atoms with E-state index in [2.05, 4.69) is 5.32 Å². The van der Waals surface area contributed by atoms with Crippen molar-refractivity contribution in [3.63, 3.8) is 0 Å². The van der Waals surface area contributed by atoms with Gasteiger partial charge in [-0.1, -0.05) is 46.4 Å². The lowest BCUT2D eigenvalue weighted by Gasteiger charge is -2.08. The molecule has 0 heterocycles. The normalized spacial score (nSPS) is 10.3. The van der Waals surface area contributed by atoms with Crippen LogP contribution in [-0.2, 0) is 0 Å². The predicted octanol–water partition coefficient (Wildman–Crippen LogP) is 5.55. The maximum atomic E-state index is 12.1. The second kappa shape index (κ2) is 6.02. The molecule has 0 aliphatic rings. The Labute approximate surface area is 130 Å². The van der Waals surface area contributed by atoms with E-state index >= 15 is 0 Å². The van der Waals surface area contributed by atoms with E-state index in [4.69, 9.17) is 46.4 Å². The van der Waals surface area contributed by atoms with Crippen molar-refractivity contribution in [2.45, 2.75) is 0 Å². The van der Waals surface area contributed by atoms with E-state index in [1.54, 1.807) is 30.3 Å². The molecule has 2 aromatic carbocycles. The molecule has 0 fully saturated rings. The van der Waals surface area contributed by atoms with Gasteiger partial charge in [0.25, 0.3) is 5.91 Å². The van der Waals surface area contributed by atoms with Crippen molar-refractivity contribution >= 4 is 58.0 Å². The Morgan fingerprint density at radius 1 is 0.842 bits per heavy atom. The molecule has 1 N–H and O–H groups in total. The topological polar surface area (TPSA) is 29.1 Å². The molecule has 2 rings (SSSR count). The summed E-state index contributed by atoms with van der Waals surface area (Å²) in [7, 11) is 0. The van der Waals surface area contributed by atoms with Crippen LogP contribution in [0.5, 0.6) is 0 Å². The Morgan fingerprint density at radius 2 is 1.47 bits per heavy atom. The van der Waals surface area contributed by atoms with Crippen LogP contribution >= 0.6 is 46.4 Å². The molecule has 2 aromatic rings. The van der Waals surface area contributed by atoms with E-state index < -0.39 is 0 Å². The van der Waals surface area contributed by atoms with Crippen LogP contribution in [0.25, 0.3) is 0 Å². The largest absolute Gasteiger partial charge is 0.322 e. The molecular formula is C13H7Cl4NO. The Balaban J connectivity index is 2.28. The highest BCUT2D eigenvalue weighted by Crippen LogP contribution is 2.25. The van der Waals surface area contributed by atoms with Crippen LogP contribution in [0.4, 0.5) is 5.69 Å². The summed E-state index contributed by atoms with van der Waals surface area (Å²) in [5, 5.41) is 4.26. The van der Waals surface area contributed by atoms with Gasteiger partial charge in [-0.05, 0) is 36.4 Å². The highest BCUT2D eigenvalue weighted by atomic mass is 35.5. The summed E-state index contributed by atoms with van der Waals surface area (Å²) in [6.07, 6.45) is 0. The lowest BCUT2D eigenvalue weighted by molar-refractivity contribution is 0.102. The molecule has 98 valence electrons. The van der Waals surface area contributed by atoms with Crippen molar-refractivity contribution in [2.75, 3.05) is 5.32 Å². The summed E-state index contributed by atoms with van der Waals surface area (Å²) in [6, 6.07) is 9.41. The van der Waals surface area contributed by atoms with Crippen molar-refractivity contribution in [2.24, 2.45) is 0 Å². The molecule has 1 amide bonds. The standard InChI is InChI=1S/C13H7Cl4NO/c14-7-1-2-12(17)11(6-7)13(19)18-10-4-8(15)3-9(16)5-10/h1-6H,(H,18,19). The van der Waals surface area contributed by atoms with Gasteiger partial charge in [-0.25, -0.2) is 0 Å². The van der Waals surface area contributed by atoms with Gasteiger partial charge in [-0.15, -0.1) is 0 Å². The third-order valence-electron chi connectivity index (χ3n) is 2.29. The van der Waals surface area contributed by atoms with Crippen LogP contribution in [0.3, 0.4) is 0 Å². The molecule has 0 aromatic heterocycles. The van der Waals surface area contributed by atoms with E-state index in [1.807, 2.05) is 0 Å². The van der Waals surface area contributed by atoms with E-state index in [1.165, 1.54) is 6.07 Å². The third-order valence-corrected chi connectivity index (χ3v) is 3.29. The maximum Gasteiger partial charge on any atom is 0.257 e. The molecule has 0 spiro atoms. The lowest BCUT2D eigenvalue weighted by atomic mass is 10.2. The number of carbonyl (C=O) groups is 1. The van der Waals surface area contributed by atoms with Gasteiger partial charge in [-0.2, -0.15) is 0 Å². The van der Waals surface area contributed by atoms with Gasteiger partial charge < -0.3 is 5.32 Å². The molecule has 0 aliphatic carbocycles. The van der Waals surface area contributed by atoms with Gasteiger partial charge in [0.05, 0.1) is 10.6 Å². The van der Waals surface area contributed by atoms with Crippen LogP contribution in [0, 0.1) is 0 Å². The van der Waals surface area contributed by atoms with Crippen LogP contribution in [-0.4, -0.2) is 5.91 Å². The molecule has 0 radical (unpaired) electrons. The fourth-order valence-electron chi connectivity index (χ4n) is 1.50. The molecule has 6 heteroatoms. The van der Waals surface area contributed by atoms with E-state index in [-0.39, 0.29) is 11.5 Å². The Hall–Kier alpha value is -0.930. The van der Waals surface area contributed by atoms with Gasteiger partial charge in [0.1, 0.15) is 0 Å².